The Balaban J connectivity index is 1.57. The van der Waals surface area contributed by atoms with E-state index in [4.69, 9.17) is 4.42 Å². The average Bonchev–Trinajstić information content (AvgIpc) is 3.35. The molecule has 0 fully saturated rings. The largest absolute Gasteiger partial charge is 0.414 e. The van der Waals surface area contributed by atoms with E-state index in [1.54, 1.807) is 4.80 Å². The molecule has 0 aliphatic heterocycles. The summed E-state index contributed by atoms with van der Waals surface area (Å²) in [6, 6.07) is 23.9. The van der Waals surface area contributed by atoms with Gasteiger partial charge in [0.25, 0.3) is 5.89 Å². The van der Waals surface area contributed by atoms with Gasteiger partial charge in [-0.25, -0.2) is 0 Å². The highest BCUT2D eigenvalue weighted by Crippen LogP contribution is 2.30. The lowest BCUT2D eigenvalue weighted by Crippen LogP contribution is -1.98. The molecule has 0 unspecified atom stereocenters. The van der Waals surface area contributed by atoms with Crippen LogP contribution in [0.5, 0.6) is 0 Å². The molecule has 2 aromatic heterocycles. The van der Waals surface area contributed by atoms with E-state index in [0.717, 1.165) is 27.7 Å². The second-order valence-electron chi connectivity index (χ2n) is 6.20. The average molecular weight is 353 g/mol. The molecule has 6 heteroatoms. The maximum absolute atomic E-state index is 5.96. The van der Waals surface area contributed by atoms with Crippen LogP contribution in [0.25, 0.3) is 39.5 Å². The van der Waals surface area contributed by atoms with Crippen LogP contribution in [0.3, 0.4) is 0 Å². The molecule has 6 nitrogen and oxygen atoms in total. The topological polar surface area (TPSA) is 69.6 Å². The lowest BCUT2D eigenvalue weighted by atomic mass is 10.0. The Morgan fingerprint density at radius 2 is 1.48 bits per heavy atom. The van der Waals surface area contributed by atoms with Crippen molar-refractivity contribution in [2.45, 2.75) is 6.92 Å². The van der Waals surface area contributed by atoms with Gasteiger partial charge in [0.15, 0.2) is 5.69 Å². The van der Waals surface area contributed by atoms with Crippen LogP contribution in [0.4, 0.5) is 0 Å². The summed E-state index contributed by atoms with van der Waals surface area (Å²) in [6.07, 6.45) is 0. The van der Waals surface area contributed by atoms with Crippen molar-refractivity contribution < 1.29 is 4.42 Å². The molecule has 0 N–H and O–H groups in total. The van der Waals surface area contributed by atoms with E-state index in [0.29, 0.717) is 17.5 Å². The summed E-state index contributed by atoms with van der Waals surface area (Å²) >= 11 is 0. The van der Waals surface area contributed by atoms with Gasteiger partial charge < -0.3 is 4.42 Å². The quantitative estimate of drug-likeness (QED) is 0.479. The summed E-state index contributed by atoms with van der Waals surface area (Å²) in [6.45, 7) is 1.88. The minimum absolute atomic E-state index is 0.359. The molecular weight excluding hydrogens is 338 g/mol. The molecule has 0 saturated heterocycles. The van der Waals surface area contributed by atoms with E-state index in [-0.39, 0.29) is 0 Å². The van der Waals surface area contributed by atoms with E-state index in [2.05, 4.69) is 32.5 Å². The molecule has 0 aliphatic carbocycles. The second-order valence-corrected chi connectivity index (χ2v) is 6.20. The number of aryl methyl sites for hydroxylation is 1. The molecule has 130 valence electrons. The van der Waals surface area contributed by atoms with E-state index < -0.39 is 0 Å². The molecule has 0 aliphatic rings. The summed E-state index contributed by atoms with van der Waals surface area (Å²) in [7, 11) is 0. The SMILES string of the molecule is Cc1nn(-c2ccccc2)nc1-c1nnc(-c2cccc3ccccc23)o1. The third kappa shape index (κ3) is 2.67. The van der Waals surface area contributed by atoms with Crippen molar-refractivity contribution in [1.82, 2.24) is 25.2 Å². The molecule has 5 rings (SSSR count). The Morgan fingerprint density at radius 3 is 2.37 bits per heavy atom. The zero-order chi connectivity index (χ0) is 18.2. The number of aromatic nitrogens is 5. The normalized spacial score (nSPS) is 11.1. The summed E-state index contributed by atoms with van der Waals surface area (Å²) in [5.41, 5.74) is 3.09. The van der Waals surface area contributed by atoms with Gasteiger partial charge in [0.1, 0.15) is 0 Å². The number of nitrogens with zero attached hydrogens (tertiary/aromatic N) is 5. The van der Waals surface area contributed by atoms with Crippen molar-refractivity contribution in [3.8, 4) is 28.7 Å². The molecule has 2 heterocycles. The number of fused-ring (bicyclic) bond motifs is 1. The summed E-state index contributed by atoms with van der Waals surface area (Å²) in [5.74, 6) is 0.827. The monoisotopic (exact) mass is 353 g/mol. The van der Waals surface area contributed by atoms with Crippen LogP contribution in [0.2, 0.25) is 0 Å². The van der Waals surface area contributed by atoms with Crippen molar-refractivity contribution in [1.29, 1.82) is 0 Å². The molecule has 27 heavy (non-hydrogen) atoms. The first-order valence-corrected chi connectivity index (χ1v) is 8.61. The van der Waals surface area contributed by atoms with Gasteiger partial charge in [0.05, 0.1) is 11.4 Å². The molecule has 0 spiro atoms. The molecular formula is C21H15N5O. The maximum Gasteiger partial charge on any atom is 0.270 e. The Labute approximate surface area is 155 Å². The number of rotatable bonds is 3. The third-order valence-corrected chi connectivity index (χ3v) is 4.42. The van der Waals surface area contributed by atoms with Gasteiger partial charge in [-0.05, 0) is 35.9 Å². The van der Waals surface area contributed by atoms with Gasteiger partial charge >= 0.3 is 0 Å². The Kier molecular flexibility index (Phi) is 3.53. The molecule has 5 aromatic rings. The van der Waals surface area contributed by atoms with Gasteiger partial charge in [-0.15, -0.1) is 15.3 Å². The number of benzene rings is 3. The molecule has 0 atom stereocenters. The summed E-state index contributed by atoms with van der Waals surface area (Å²) in [4.78, 5) is 1.58. The third-order valence-electron chi connectivity index (χ3n) is 4.42. The number of hydrogen-bond acceptors (Lipinski definition) is 5. The van der Waals surface area contributed by atoms with Crippen LogP contribution in [0.15, 0.2) is 77.2 Å². The zero-order valence-electron chi connectivity index (χ0n) is 14.6. The lowest BCUT2D eigenvalue weighted by Gasteiger charge is -2.01. The van der Waals surface area contributed by atoms with Crippen molar-refractivity contribution in [2.24, 2.45) is 0 Å². The Morgan fingerprint density at radius 1 is 0.741 bits per heavy atom. The number of hydrogen-bond donors (Lipinski definition) is 0. The fourth-order valence-corrected chi connectivity index (χ4v) is 3.09. The second kappa shape index (κ2) is 6.17. The smallest absolute Gasteiger partial charge is 0.270 e. The highest BCUT2D eigenvalue weighted by molar-refractivity contribution is 5.94. The van der Waals surface area contributed by atoms with Gasteiger partial charge in [-0.1, -0.05) is 54.6 Å². The van der Waals surface area contributed by atoms with Gasteiger partial charge in [-0.3, -0.25) is 0 Å². The predicted molar refractivity (Wildman–Crippen MR) is 102 cm³/mol. The van der Waals surface area contributed by atoms with Gasteiger partial charge in [0, 0.05) is 5.56 Å². The first-order chi connectivity index (χ1) is 13.3. The maximum atomic E-state index is 5.96. The first kappa shape index (κ1) is 15.5. The van der Waals surface area contributed by atoms with Crippen LogP contribution in [-0.2, 0) is 0 Å². The van der Waals surface area contributed by atoms with Crippen molar-refractivity contribution >= 4 is 10.8 Å². The van der Waals surface area contributed by atoms with Crippen LogP contribution >= 0.6 is 0 Å². The van der Waals surface area contributed by atoms with E-state index in [1.807, 2.05) is 67.6 Å². The summed E-state index contributed by atoms with van der Waals surface area (Å²) < 4.78 is 5.96. The lowest BCUT2D eigenvalue weighted by molar-refractivity contribution is 0.581. The van der Waals surface area contributed by atoms with Crippen LogP contribution in [0, 0.1) is 6.92 Å². The molecule has 0 saturated carbocycles. The van der Waals surface area contributed by atoms with E-state index in [1.165, 1.54) is 0 Å². The summed E-state index contributed by atoms with van der Waals surface area (Å²) in [5, 5.41) is 19.6. The minimum Gasteiger partial charge on any atom is -0.414 e. The highest BCUT2D eigenvalue weighted by atomic mass is 16.4. The van der Waals surface area contributed by atoms with Crippen LogP contribution in [0.1, 0.15) is 5.69 Å². The Bertz CT molecular complexity index is 1230. The van der Waals surface area contributed by atoms with Crippen molar-refractivity contribution in [3.05, 3.63) is 78.5 Å². The minimum atomic E-state index is 0.359. The van der Waals surface area contributed by atoms with E-state index in [9.17, 15) is 0 Å². The van der Waals surface area contributed by atoms with Crippen LogP contribution in [-0.4, -0.2) is 25.2 Å². The zero-order valence-corrected chi connectivity index (χ0v) is 14.6. The van der Waals surface area contributed by atoms with Crippen LogP contribution < -0.4 is 0 Å². The predicted octanol–water partition coefficient (Wildman–Crippen LogP) is 4.45. The molecule has 0 amide bonds. The van der Waals surface area contributed by atoms with E-state index >= 15 is 0 Å². The molecule has 0 radical (unpaired) electrons. The molecule has 3 aromatic carbocycles. The Hall–Kier alpha value is -3.80. The van der Waals surface area contributed by atoms with Crippen molar-refractivity contribution in [3.63, 3.8) is 0 Å². The molecule has 0 bridgehead atoms. The van der Waals surface area contributed by atoms with Gasteiger partial charge in [-0.2, -0.15) is 9.90 Å². The highest BCUT2D eigenvalue weighted by Gasteiger charge is 2.18. The standard InChI is InChI=1S/C21H15N5O/c1-14-19(25-26(24-14)16-10-3-2-4-11-16)21-23-22-20(27-21)18-13-7-9-15-8-5-6-12-17(15)18/h2-13H,1H3. The first-order valence-electron chi connectivity index (χ1n) is 8.61. The van der Waals surface area contributed by atoms with Crippen molar-refractivity contribution in [2.75, 3.05) is 0 Å². The fraction of sp³-hybridized carbons (Fsp3) is 0.0476. The van der Waals surface area contributed by atoms with Gasteiger partial charge in [0.2, 0.25) is 5.89 Å². The fourth-order valence-electron chi connectivity index (χ4n) is 3.09. The number of para-hydroxylation sites is 1.